The highest BCUT2D eigenvalue weighted by Crippen LogP contribution is 2.16. The van der Waals surface area contributed by atoms with Gasteiger partial charge < -0.3 is 14.5 Å². The second kappa shape index (κ2) is 7.59. The molecular formula is C14H26N4O2S. The monoisotopic (exact) mass is 314 g/mol. The first-order valence-corrected chi connectivity index (χ1v) is 8.16. The van der Waals surface area contributed by atoms with Gasteiger partial charge in [0.15, 0.2) is 0 Å². The van der Waals surface area contributed by atoms with Gasteiger partial charge in [-0.2, -0.15) is 4.37 Å². The summed E-state index contributed by atoms with van der Waals surface area (Å²) in [6, 6.07) is 0. The van der Waals surface area contributed by atoms with E-state index < -0.39 is 5.60 Å². The second-order valence-electron chi connectivity index (χ2n) is 5.57. The number of aromatic nitrogens is 2. The van der Waals surface area contributed by atoms with Crippen molar-refractivity contribution in [2.45, 2.75) is 47.1 Å². The summed E-state index contributed by atoms with van der Waals surface area (Å²) in [5.74, 6) is 0.770. The van der Waals surface area contributed by atoms with Crippen LogP contribution in [0.3, 0.4) is 0 Å². The van der Waals surface area contributed by atoms with Gasteiger partial charge in [-0.05, 0) is 39.2 Å². The Balaban J connectivity index is 0.00000106. The Morgan fingerprint density at radius 2 is 1.76 bits per heavy atom. The van der Waals surface area contributed by atoms with E-state index in [1.165, 1.54) is 11.5 Å². The average molecular weight is 314 g/mol. The van der Waals surface area contributed by atoms with Gasteiger partial charge in [0.1, 0.15) is 10.6 Å². The fraction of sp³-hybridized carbons (Fsp3) is 0.786. The highest BCUT2D eigenvalue weighted by atomic mass is 32.1. The van der Waals surface area contributed by atoms with Gasteiger partial charge in [0.2, 0.25) is 5.95 Å². The van der Waals surface area contributed by atoms with Crippen LogP contribution in [-0.4, -0.2) is 52.1 Å². The fourth-order valence-electron chi connectivity index (χ4n) is 1.83. The van der Waals surface area contributed by atoms with E-state index in [0.29, 0.717) is 13.1 Å². The average Bonchev–Trinajstić information content (AvgIpc) is 2.86. The predicted octanol–water partition coefficient (Wildman–Crippen LogP) is 2.93. The molecule has 1 saturated heterocycles. The van der Waals surface area contributed by atoms with Crippen LogP contribution in [0.4, 0.5) is 10.7 Å². The third-order valence-corrected chi connectivity index (χ3v) is 3.34. The number of anilines is 1. The number of amides is 1. The van der Waals surface area contributed by atoms with Crippen molar-refractivity contribution < 1.29 is 9.53 Å². The minimum absolute atomic E-state index is 0.241. The van der Waals surface area contributed by atoms with E-state index in [1.54, 1.807) is 4.90 Å². The number of carbonyl (C=O) groups is 1. The summed E-state index contributed by atoms with van der Waals surface area (Å²) in [6.45, 7) is 14.4. The Labute approximate surface area is 131 Å². The molecule has 2 heterocycles. The van der Waals surface area contributed by atoms with Crippen LogP contribution < -0.4 is 4.90 Å². The van der Waals surface area contributed by atoms with Gasteiger partial charge in [0, 0.05) is 26.2 Å². The molecule has 0 aromatic carbocycles. The highest BCUT2D eigenvalue weighted by molar-refractivity contribution is 7.05. The third-order valence-electron chi connectivity index (χ3n) is 2.73. The topological polar surface area (TPSA) is 58.6 Å². The van der Waals surface area contributed by atoms with E-state index in [-0.39, 0.29) is 6.09 Å². The van der Waals surface area contributed by atoms with Crippen molar-refractivity contribution in [2.75, 3.05) is 31.1 Å². The molecule has 1 amide bonds. The zero-order valence-corrected chi connectivity index (χ0v) is 14.7. The molecule has 0 saturated carbocycles. The summed E-state index contributed by atoms with van der Waals surface area (Å²) < 4.78 is 9.65. The van der Waals surface area contributed by atoms with Crippen LogP contribution in [-0.2, 0) is 4.74 Å². The van der Waals surface area contributed by atoms with Crippen molar-refractivity contribution in [1.29, 1.82) is 0 Å². The standard InChI is InChI=1S/C12H20N4O2S.C2H6/c1-9-13-10(14-19-9)15-5-7-16(8-6-15)11(17)18-12(2,3)4;1-2/h5-8H2,1-4H3;1-2H3. The van der Waals surface area contributed by atoms with Crippen molar-refractivity contribution in [1.82, 2.24) is 14.3 Å². The molecule has 6 nitrogen and oxygen atoms in total. The maximum Gasteiger partial charge on any atom is 0.410 e. The molecule has 0 radical (unpaired) electrons. The molecule has 1 aliphatic heterocycles. The van der Waals surface area contributed by atoms with Crippen molar-refractivity contribution in [3.8, 4) is 0 Å². The van der Waals surface area contributed by atoms with Gasteiger partial charge >= 0.3 is 6.09 Å². The van der Waals surface area contributed by atoms with Crippen LogP contribution in [0.2, 0.25) is 0 Å². The van der Waals surface area contributed by atoms with E-state index in [1.807, 2.05) is 41.5 Å². The van der Waals surface area contributed by atoms with Gasteiger partial charge in [-0.25, -0.2) is 9.78 Å². The Bertz CT molecular complexity index is 448. The molecule has 0 unspecified atom stereocenters. The molecule has 21 heavy (non-hydrogen) atoms. The smallest absolute Gasteiger partial charge is 0.410 e. The van der Waals surface area contributed by atoms with Crippen molar-refractivity contribution >= 4 is 23.6 Å². The SMILES string of the molecule is CC.Cc1nc(N2CCN(C(=O)OC(C)(C)C)CC2)ns1. The van der Waals surface area contributed by atoms with Crippen LogP contribution in [0.1, 0.15) is 39.6 Å². The second-order valence-corrected chi connectivity index (χ2v) is 6.52. The Morgan fingerprint density at radius 1 is 1.19 bits per heavy atom. The number of rotatable bonds is 1. The summed E-state index contributed by atoms with van der Waals surface area (Å²) >= 11 is 1.41. The molecule has 0 spiro atoms. The number of ether oxygens (including phenoxy) is 1. The summed E-state index contributed by atoms with van der Waals surface area (Å²) in [6.07, 6.45) is -0.241. The maximum atomic E-state index is 11.9. The van der Waals surface area contributed by atoms with Crippen molar-refractivity contribution in [3.63, 3.8) is 0 Å². The van der Waals surface area contributed by atoms with E-state index in [0.717, 1.165) is 24.0 Å². The predicted molar refractivity (Wildman–Crippen MR) is 86.0 cm³/mol. The van der Waals surface area contributed by atoms with Gasteiger partial charge in [0.25, 0.3) is 0 Å². The number of hydrogen-bond donors (Lipinski definition) is 0. The third kappa shape index (κ3) is 5.49. The van der Waals surface area contributed by atoms with Gasteiger partial charge in [-0.1, -0.05) is 13.8 Å². The van der Waals surface area contributed by atoms with E-state index >= 15 is 0 Å². The van der Waals surface area contributed by atoms with Crippen LogP contribution in [0.5, 0.6) is 0 Å². The fourth-order valence-corrected chi connectivity index (χ4v) is 2.33. The molecule has 120 valence electrons. The number of nitrogens with zero attached hydrogens (tertiary/aromatic N) is 4. The highest BCUT2D eigenvalue weighted by Gasteiger charge is 2.26. The maximum absolute atomic E-state index is 11.9. The quantitative estimate of drug-likeness (QED) is 0.797. The molecule has 1 aromatic heterocycles. The normalized spacial score (nSPS) is 15.3. The molecule has 1 fully saturated rings. The first kappa shape index (κ1) is 17.7. The lowest BCUT2D eigenvalue weighted by Crippen LogP contribution is -2.50. The molecule has 1 aromatic rings. The molecule has 0 N–H and O–H groups in total. The largest absolute Gasteiger partial charge is 0.444 e. The number of carbonyl (C=O) groups excluding carboxylic acids is 1. The van der Waals surface area contributed by atoms with Gasteiger partial charge in [-0.3, -0.25) is 0 Å². The zero-order chi connectivity index (χ0) is 16.0. The summed E-state index contributed by atoms with van der Waals surface area (Å²) in [7, 11) is 0. The van der Waals surface area contributed by atoms with E-state index in [4.69, 9.17) is 4.74 Å². The lowest BCUT2D eigenvalue weighted by molar-refractivity contribution is 0.0240. The molecule has 7 heteroatoms. The summed E-state index contributed by atoms with van der Waals surface area (Å²) in [5.41, 5.74) is -0.443. The number of aryl methyl sites for hydroxylation is 1. The van der Waals surface area contributed by atoms with Gasteiger partial charge in [0.05, 0.1) is 0 Å². The molecule has 0 aliphatic carbocycles. The Kier molecular flexibility index (Phi) is 6.39. The minimum atomic E-state index is -0.443. The number of hydrogen-bond acceptors (Lipinski definition) is 6. The molecular weight excluding hydrogens is 288 g/mol. The molecule has 1 aliphatic rings. The van der Waals surface area contributed by atoms with E-state index in [9.17, 15) is 4.79 Å². The first-order valence-electron chi connectivity index (χ1n) is 7.38. The van der Waals surface area contributed by atoms with Crippen molar-refractivity contribution in [3.05, 3.63) is 5.01 Å². The lowest BCUT2D eigenvalue weighted by atomic mass is 10.2. The van der Waals surface area contributed by atoms with Crippen LogP contribution in [0, 0.1) is 6.92 Å². The summed E-state index contributed by atoms with van der Waals surface area (Å²) in [4.78, 5) is 20.1. The zero-order valence-electron chi connectivity index (χ0n) is 13.8. The Hall–Kier alpha value is -1.37. The minimum Gasteiger partial charge on any atom is -0.444 e. The summed E-state index contributed by atoms with van der Waals surface area (Å²) in [5, 5.41) is 0.963. The lowest BCUT2D eigenvalue weighted by Gasteiger charge is -2.35. The van der Waals surface area contributed by atoms with Crippen LogP contribution >= 0.6 is 11.5 Å². The first-order chi connectivity index (χ1) is 9.85. The molecule has 0 bridgehead atoms. The van der Waals surface area contributed by atoms with Crippen LogP contribution in [0.15, 0.2) is 0 Å². The molecule has 0 atom stereocenters. The van der Waals surface area contributed by atoms with Crippen LogP contribution in [0.25, 0.3) is 0 Å². The van der Waals surface area contributed by atoms with Crippen molar-refractivity contribution in [2.24, 2.45) is 0 Å². The Morgan fingerprint density at radius 3 is 2.19 bits per heavy atom. The molecule has 2 rings (SSSR count). The number of piperazine rings is 1. The van der Waals surface area contributed by atoms with E-state index in [2.05, 4.69) is 14.3 Å². The van der Waals surface area contributed by atoms with Gasteiger partial charge in [-0.15, -0.1) is 0 Å².